The molecule has 1 unspecified atom stereocenters. The zero-order valence-corrected chi connectivity index (χ0v) is 18.5. The molecule has 32 heavy (non-hydrogen) atoms. The van der Waals surface area contributed by atoms with Crippen LogP contribution >= 0.6 is 0 Å². The summed E-state index contributed by atoms with van der Waals surface area (Å²) in [5.41, 5.74) is 4.07. The van der Waals surface area contributed by atoms with E-state index in [1.807, 2.05) is 35.4 Å². The minimum atomic E-state index is -0.232. The number of fused-ring (bicyclic) bond motifs is 5. The van der Waals surface area contributed by atoms with Crippen LogP contribution in [-0.4, -0.2) is 46.6 Å². The SMILES string of the molecule is CCCCN1c2cccnc2-n2cccc2C12CCN(C(=O)c1ccc3c(c1)CCO3)C2. The van der Waals surface area contributed by atoms with Gasteiger partial charge >= 0.3 is 0 Å². The van der Waals surface area contributed by atoms with E-state index in [9.17, 15) is 4.79 Å². The van der Waals surface area contributed by atoms with Crippen LogP contribution in [0.3, 0.4) is 0 Å². The molecule has 3 aliphatic heterocycles. The van der Waals surface area contributed by atoms with Crippen LogP contribution in [-0.2, 0) is 12.0 Å². The maximum absolute atomic E-state index is 13.5. The molecule has 1 atom stereocenters. The molecule has 6 rings (SSSR count). The third-order valence-electron chi connectivity index (χ3n) is 7.23. The van der Waals surface area contributed by atoms with E-state index in [2.05, 4.69) is 40.8 Å². The Labute approximate surface area is 188 Å². The Kier molecular flexibility index (Phi) is 4.49. The van der Waals surface area contributed by atoms with Gasteiger partial charge in [0.2, 0.25) is 0 Å². The smallest absolute Gasteiger partial charge is 0.253 e. The number of unbranched alkanes of at least 4 members (excludes halogenated alkanes) is 1. The first-order chi connectivity index (χ1) is 15.7. The second kappa shape index (κ2) is 7.40. The van der Waals surface area contributed by atoms with Gasteiger partial charge in [0.15, 0.2) is 5.82 Å². The molecule has 0 bridgehead atoms. The van der Waals surface area contributed by atoms with E-state index in [1.165, 1.54) is 5.69 Å². The van der Waals surface area contributed by atoms with Crippen molar-refractivity contribution >= 4 is 11.6 Å². The first-order valence-electron chi connectivity index (χ1n) is 11.7. The van der Waals surface area contributed by atoms with Gasteiger partial charge in [-0.1, -0.05) is 13.3 Å². The Bertz CT molecular complexity index is 1190. The maximum Gasteiger partial charge on any atom is 0.253 e. The topological polar surface area (TPSA) is 50.6 Å². The van der Waals surface area contributed by atoms with Crippen LogP contribution in [0.5, 0.6) is 5.75 Å². The largest absolute Gasteiger partial charge is 0.493 e. The molecule has 0 aliphatic carbocycles. The van der Waals surface area contributed by atoms with Gasteiger partial charge in [-0.05, 0) is 60.9 Å². The Morgan fingerprint density at radius 1 is 1.22 bits per heavy atom. The molecule has 1 spiro atoms. The van der Waals surface area contributed by atoms with Crippen LogP contribution in [0.4, 0.5) is 5.69 Å². The predicted molar refractivity (Wildman–Crippen MR) is 124 cm³/mol. The van der Waals surface area contributed by atoms with Crippen LogP contribution < -0.4 is 9.64 Å². The van der Waals surface area contributed by atoms with E-state index in [-0.39, 0.29) is 11.4 Å². The van der Waals surface area contributed by atoms with Crippen molar-refractivity contribution in [1.82, 2.24) is 14.5 Å². The van der Waals surface area contributed by atoms with Crippen molar-refractivity contribution in [3.8, 4) is 11.6 Å². The number of pyridine rings is 1. The summed E-state index contributed by atoms with van der Waals surface area (Å²) in [5.74, 6) is 2.01. The van der Waals surface area contributed by atoms with Crippen molar-refractivity contribution in [3.05, 3.63) is 71.7 Å². The Hall–Kier alpha value is -3.28. The maximum atomic E-state index is 13.5. The number of aromatic nitrogens is 2. The summed E-state index contributed by atoms with van der Waals surface area (Å²) in [4.78, 5) is 22.8. The van der Waals surface area contributed by atoms with E-state index in [4.69, 9.17) is 9.72 Å². The molecule has 3 aromatic rings. The van der Waals surface area contributed by atoms with Crippen LogP contribution in [0.2, 0.25) is 0 Å². The Morgan fingerprint density at radius 3 is 3.06 bits per heavy atom. The standard InChI is InChI=1S/C26H28N4O2/c1-2-3-14-30-21-6-4-12-27-24(21)29-13-5-7-23(29)26(30)11-15-28(18-26)25(31)20-8-9-22-19(17-20)10-16-32-22/h4-9,12-13,17H,2-3,10-11,14-16,18H2,1H3. The van der Waals surface area contributed by atoms with Crippen molar-refractivity contribution in [2.24, 2.45) is 0 Å². The lowest BCUT2D eigenvalue weighted by atomic mass is 9.88. The number of benzene rings is 1. The molecule has 1 aromatic carbocycles. The summed E-state index contributed by atoms with van der Waals surface area (Å²) in [6.45, 7) is 5.32. The monoisotopic (exact) mass is 428 g/mol. The highest BCUT2D eigenvalue weighted by molar-refractivity contribution is 5.95. The van der Waals surface area contributed by atoms with Gasteiger partial charge in [0, 0.05) is 44.0 Å². The van der Waals surface area contributed by atoms with E-state index in [0.717, 1.165) is 67.2 Å². The van der Waals surface area contributed by atoms with E-state index >= 15 is 0 Å². The first-order valence-corrected chi connectivity index (χ1v) is 11.7. The fourth-order valence-electron chi connectivity index (χ4n) is 5.65. The van der Waals surface area contributed by atoms with Crippen molar-refractivity contribution in [2.75, 3.05) is 31.1 Å². The Morgan fingerprint density at radius 2 is 2.16 bits per heavy atom. The highest BCUT2D eigenvalue weighted by Gasteiger charge is 2.50. The number of likely N-dealkylation sites (tertiary alicyclic amines) is 1. The number of nitrogens with zero attached hydrogens (tertiary/aromatic N) is 4. The van der Waals surface area contributed by atoms with Crippen LogP contribution in [0, 0.1) is 0 Å². The first kappa shape index (κ1) is 19.4. The predicted octanol–water partition coefficient (Wildman–Crippen LogP) is 4.17. The van der Waals surface area contributed by atoms with Gasteiger partial charge < -0.3 is 19.1 Å². The van der Waals surface area contributed by atoms with E-state index in [1.54, 1.807) is 0 Å². The zero-order valence-electron chi connectivity index (χ0n) is 18.5. The molecule has 3 aliphatic rings. The molecule has 5 heterocycles. The molecule has 2 aromatic heterocycles. The molecule has 0 radical (unpaired) electrons. The fraction of sp³-hybridized carbons (Fsp3) is 0.385. The summed E-state index contributed by atoms with van der Waals surface area (Å²) in [6, 6.07) is 14.4. The van der Waals surface area contributed by atoms with Gasteiger partial charge in [0.1, 0.15) is 11.3 Å². The summed E-state index contributed by atoms with van der Waals surface area (Å²) in [7, 11) is 0. The summed E-state index contributed by atoms with van der Waals surface area (Å²) >= 11 is 0. The quantitative estimate of drug-likeness (QED) is 0.626. The molecule has 1 fully saturated rings. The van der Waals surface area contributed by atoms with Gasteiger partial charge in [-0.15, -0.1) is 0 Å². The average molecular weight is 429 g/mol. The number of anilines is 1. The molecule has 0 N–H and O–H groups in total. The van der Waals surface area contributed by atoms with Gasteiger partial charge in [-0.2, -0.15) is 0 Å². The van der Waals surface area contributed by atoms with Crippen molar-refractivity contribution < 1.29 is 9.53 Å². The molecule has 0 saturated carbocycles. The van der Waals surface area contributed by atoms with Crippen LogP contribution in [0.15, 0.2) is 54.9 Å². The second-order valence-electron chi connectivity index (χ2n) is 9.04. The van der Waals surface area contributed by atoms with E-state index in [0.29, 0.717) is 13.2 Å². The number of carbonyl (C=O) groups excluding carboxylic acids is 1. The Balaban J connectivity index is 1.38. The van der Waals surface area contributed by atoms with Crippen molar-refractivity contribution in [1.29, 1.82) is 0 Å². The molecule has 6 nitrogen and oxygen atoms in total. The van der Waals surface area contributed by atoms with Crippen LogP contribution in [0.1, 0.15) is 47.8 Å². The second-order valence-corrected chi connectivity index (χ2v) is 9.04. The molecule has 6 heteroatoms. The van der Waals surface area contributed by atoms with Gasteiger partial charge in [-0.3, -0.25) is 4.79 Å². The lowest BCUT2D eigenvalue weighted by molar-refractivity contribution is 0.0782. The number of ether oxygens (including phenoxy) is 1. The van der Waals surface area contributed by atoms with E-state index < -0.39 is 0 Å². The molecule has 164 valence electrons. The summed E-state index contributed by atoms with van der Waals surface area (Å²) < 4.78 is 7.84. The molecule has 1 saturated heterocycles. The van der Waals surface area contributed by atoms with Gasteiger partial charge in [0.05, 0.1) is 18.0 Å². The number of hydrogen-bond donors (Lipinski definition) is 0. The lowest BCUT2D eigenvalue weighted by Crippen LogP contribution is -2.53. The van der Waals surface area contributed by atoms with Gasteiger partial charge in [0.25, 0.3) is 5.91 Å². The third-order valence-corrected chi connectivity index (χ3v) is 7.23. The number of hydrogen-bond acceptors (Lipinski definition) is 4. The molecular weight excluding hydrogens is 400 g/mol. The summed E-state index contributed by atoms with van der Waals surface area (Å²) in [5, 5.41) is 0. The minimum Gasteiger partial charge on any atom is -0.493 e. The lowest BCUT2D eigenvalue weighted by Gasteiger charge is -2.47. The highest BCUT2D eigenvalue weighted by atomic mass is 16.5. The van der Waals surface area contributed by atoms with Crippen LogP contribution in [0.25, 0.3) is 5.82 Å². The number of carbonyl (C=O) groups is 1. The van der Waals surface area contributed by atoms with Gasteiger partial charge in [-0.25, -0.2) is 4.98 Å². The number of amides is 1. The average Bonchev–Trinajstić information content (AvgIpc) is 3.58. The molecular formula is C26H28N4O2. The summed E-state index contributed by atoms with van der Waals surface area (Å²) in [6.07, 6.45) is 7.99. The molecule has 1 amide bonds. The fourth-order valence-corrected chi connectivity index (χ4v) is 5.65. The van der Waals surface area contributed by atoms with Crippen molar-refractivity contribution in [2.45, 2.75) is 38.1 Å². The number of rotatable bonds is 4. The third kappa shape index (κ3) is 2.78. The minimum absolute atomic E-state index is 0.113. The highest BCUT2D eigenvalue weighted by Crippen LogP contribution is 2.47. The van der Waals surface area contributed by atoms with Crippen molar-refractivity contribution in [3.63, 3.8) is 0 Å². The normalized spacial score (nSPS) is 20.8. The zero-order chi connectivity index (χ0) is 21.7.